The molecule has 0 fully saturated rings. The topological polar surface area (TPSA) is 107 Å². The van der Waals surface area contributed by atoms with E-state index in [2.05, 4.69) is 11.3 Å². The molecule has 0 aliphatic rings. The van der Waals surface area contributed by atoms with Crippen molar-refractivity contribution in [1.29, 1.82) is 0 Å². The van der Waals surface area contributed by atoms with Gasteiger partial charge in [-0.25, -0.2) is 9.59 Å². The van der Waals surface area contributed by atoms with E-state index < -0.39 is 22.5 Å². The first-order valence-electron chi connectivity index (χ1n) is 4.77. The van der Waals surface area contributed by atoms with Crippen LogP contribution in [0.25, 0.3) is 0 Å². The fourth-order valence-corrected chi connectivity index (χ4v) is 1.20. The smallest absolute Gasteiger partial charge is 0.345 e. The fraction of sp³-hybridized carbons (Fsp3) is 0.0909. The molecule has 18 heavy (non-hydrogen) atoms. The van der Waals surface area contributed by atoms with Gasteiger partial charge in [-0.05, 0) is 12.1 Å². The number of aromatic carboxylic acids is 1. The molecule has 94 valence electrons. The van der Waals surface area contributed by atoms with Gasteiger partial charge in [-0.3, -0.25) is 10.1 Å². The zero-order valence-corrected chi connectivity index (χ0v) is 9.16. The minimum Gasteiger partial charge on any atom is -0.478 e. The number of carboxylic acids is 1. The summed E-state index contributed by atoms with van der Waals surface area (Å²) in [7, 11) is 0. The van der Waals surface area contributed by atoms with Crippen LogP contribution in [0.3, 0.4) is 0 Å². The van der Waals surface area contributed by atoms with Crippen LogP contribution >= 0.6 is 0 Å². The van der Waals surface area contributed by atoms with E-state index in [1.165, 1.54) is 6.08 Å². The second-order valence-electron chi connectivity index (χ2n) is 3.18. The molecular formula is C11H9NO6. The van der Waals surface area contributed by atoms with Crippen molar-refractivity contribution in [2.24, 2.45) is 0 Å². The van der Waals surface area contributed by atoms with Gasteiger partial charge in [0, 0.05) is 6.07 Å². The van der Waals surface area contributed by atoms with Gasteiger partial charge in [0.2, 0.25) is 0 Å². The van der Waals surface area contributed by atoms with Crippen LogP contribution in [0.2, 0.25) is 0 Å². The van der Waals surface area contributed by atoms with Crippen LogP contribution in [0.15, 0.2) is 30.9 Å². The van der Waals surface area contributed by atoms with Crippen LogP contribution < -0.4 is 0 Å². The van der Waals surface area contributed by atoms with Gasteiger partial charge in [0.25, 0.3) is 5.69 Å². The number of nitro groups is 1. The summed E-state index contributed by atoms with van der Waals surface area (Å²) in [6, 6.07) is 2.96. The summed E-state index contributed by atoms with van der Waals surface area (Å²) in [4.78, 5) is 32.1. The third-order valence-electron chi connectivity index (χ3n) is 1.99. The number of carbonyl (C=O) groups is 2. The molecule has 7 nitrogen and oxygen atoms in total. The van der Waals surface area contributed by atoms with E-state index in [1.54, 1.807) is 0 Å². The molecule has 0 bridgehead atoms. The Hall–Kier alpha value is -2.70. The summed E-state index contributed by atoms with van der Waals surface area (Å²) in [5.41, 5.74) is -1.18. The van der Waals surface area contributed by atoms with Gasteiger partial charge in [-0.1, -0.05) is 12.7 Å². The minimum atomic E-state index is -1.32. The van der Waals surface area contributed by atoms with Crippen molar-refractivity contribution in [2.75, 3.05) is 6.61 Å². The average Bonchev–Trinajstić information content (AvgIpc) is 2.34. The van der Waals surface area contributed by atoms with Crippen molar-refractivity contribution in [3.05, 3.63) is 52.1 Å². The van der Waals surface area contributed by atoms with Gasteiger partial charge in [-0.15, -0.1) is 0 Å². The number of carboxylic acid groups (broad SMARTS) is 1. The molecule has 1 aromatic rings. The fourth-order valence-electron chi connectivity index (χ4n) is 1.20. The van der Waals surface area contributed by atoms with Crippen LogP contribution in [0.4, 0.5) is 5.69 Å². The number of nitro benzene ring substituents is 1. The Morgan fingerprint density at radius 3 is 2.67 bits per heavy atom. The van der Waals surface area contributed by atoms with E-state index in [4.69, 9.17) is 5.11 Å². The second kappa shape index (κ2) is 5.58. The maximum atomic E-state index is 11.5. The molecule has 1 N–H and O–H groups in total. The zero-order chi connectivity index (χ0) is 13.7. The monoisotopic (exact) mass is 251 g/mol. The Morgan fingerprint density at radius 1 is 1.50 bits per heavy atom. The Balaban J connectivity index is 3.19. The van der Waals surface area contributed by atoms with E-state index >= 15 is 0 Å². The number of ether oxygens (including phenoxy) is 1. The lowest BCUT2D eigenvalue weighted by atomic mass is 10.1. The van der Waals surface area contributed by atoms with Gasteiger partial charge in [-0.2, -0.15) is 0 Å². The highest BCUT2D eigenvalue weighted by Gasteiger charge is 2.23. The first kappa shape index (κ1) is 13.4. The highest BCUT2D eigenvalue weighted by molar-refractivity contribution is 5.96. The molecule has 0 radical (unpaired) electrons. The van der Waals surface area contributed by atoms with Crippen LogP contribution in [-0.4, -0.2) is 28.6 Å². The molecule has 1 aromatic carbocycles. The van der Waals surface area contributed by atoms with Crippen molar-refractivity contribution in [3.8, 4) is 0 Å². The summed E-state index contributed by atoms with van der Waals surface area (Å²) in [5, 5.41) is 19.5. The van der Waals surface area contributed by atoms with Crippen LogP contribution in [0.1, 0.15) is 20.7 Å². The first-order valence-corrected chi connectivity index (χ1v) is 4.77. The van der Waals surface area contributed by atoms with E-state index in [1.807, 2.05) is 0 Å². The van der Waals surface area contributed by atoms with Gasteiger partial charge in [0.05, 0.1) is 10.5 Å². The van der Waals surface area contributed by atoms with Gasteiger partial charge in [0.15, 0.2) is 0 Å². The predicted octanol–water partition coefficient (Wildman–Crippen LogP) is 1.64. The van der Waals surface area contributed by atoms with Gasteiger partial charge >= 0.3 is 11.9 Å². The molecule has 1 rings (SSSR count). The number of carbonyl (C=O) groups excluding carboxylic acids is 1. The van der Waals surface area contributed by atoms with E-state index in [0.29, 0.717) is 0 Å². The molecular weight excluding hydrogens is 242 g/mol. The number of hydrogen-bond donors (Lipinski definition) is 1. The number of rotatable bonds is 5. The molecule has 0 aliphatic carbocycles. The molecule has 0 aromatic heterocycles. The number of benzene rings is 1. The molecule has 0 amide bonds. The lowest BCUT2D eigenvalue weighted by molar-refractivity contribution is -0.385. The molecule has 0 unspecified atom stereocenters. The van der Waals surface area contributed by atoms with Crippen molar-refractivity contribution < 1.29 is 24.4 Å². The quantitative estimate of drug-likeness (QED) is 0.369. The lowest BCUT2D eigenvalue weighted by Gasteiger charge is -2.03. The van der Waals surface area contributed by atoms with Crippen molar-refractivity contribution >= 4 is 17.6 Å². The van der Waals surface area contributed by atoms with Crippen molar-refractivity contribution in [1.82, 2.24) is 0 Å². The van der Waals surface area contributed by atoms with Gasteiger partial charge < -0.3 is 9.84 Å². The maximum Gasteiger partial charge on any atom is 0.345 e. The highest BCUT2D eigenvalue weighted by Crippen LogP contribution is 2.21. The summed E-state index contributed by atoms with van der Waals surface area (Å²) in [6.45, 7) is 3.25. The standard InChI is InChI=1S/C11H9NO6/c1-2-5-18-11(15)8-4-3-7(10(13)14)6-9(8)12(16)17/h2-4,6H,1,5H2,(H,13,14). The Kier molecular flexibility index (Phi) is 4.14. The summed E-state index contributed by atoms with van der Waals surface area (Å²) in [5.74, 6) is -2.22. The number of hydrogen-bond acceptors (Lipinski definition) is 5. The van der Waals surface area contributed by atoms with Crippen LogP contribution in [-0.2, 0) is 4.74 Å². The molecule has 0 aliphatic heterocycles. The van der Waals surface area contributed by atoms with Gasteiger partial charge in [0.1, 0.15) is 12.2 Å². The van der Waals surface area contributed by atoms with Crippen molar-refractivity contribution in [2.45, 2.75) is 0 Å². The normalized spacial score (nSPS) is 9.56. The molecule has 0 atom stereocenters. The van der Waals surface area contributed by atoms with E-state index in [0.717, 1.165) is 18.2 Å². The SMILES string of the molecule is C=CCOC(=O)c1ccc(C(=O)O)cc1[N+](=O)[O-]. The summed E-state index contributed by atoms with van der Waals surface area (Å²) >= 11 is 0. The summed E-state index contributed by atoms with van der Waals surface area (Å²) < 4.78 is 4.66. The van der Waals surface area contributed by atoms with E-state index in [9.17, 15) is 19.7 Å². The third-order valence-corrected chi connectivity index (χ3v) is 1.99. The molecule has 0 saturated heterocycles. The van der Waals surface area contributed by atoms with Crippen LogP contribution in [0, 0.1) is 10.1 Å². The maximum absolute atomic E-state index is 11.5. The largest absolute Gasteiger partial charge is 0.478 e. The molecule has 0 spiro atoms. The number of nitrogens with zero attached hydrogens (tertiary/aromatic N) is 1. The van der Waals surface area contributed by atoms with Crippen molar-refractivity contribution in [3.63, 3.8) is 0 Å². The molecule has 7 heteroatoms. The molecule has 0 saturated carbocycles. The number of esters is 1. The zero-order valence-electron chi connectivity index (χ0n) is 9.16. The Labute approximate surface area is 101 Å². The summed E-state index contributed by atoms with van der Waals surface area (Å²) in [6.07, 6.45) is 1.31. The minimum absolute atomic E-state index is 0.0866. The highest BCUT2D eigenvalue weighted by atomic mass is 16.6. The Bertz CT molecular complexity index is 522. The Morgan fingerprint density at radius 2 is 2.17 bits per heavy atom. The second-order valence-corrected chi connectivity index (χ2v) is 3.18. The van der Waals surface area contributed by atoms with Crippen LogP contribution in [0.5, 0.6) is 0 Å². The first-order chi connectivity index (χ1) is 8.47. The predicted molar refractivity (Wildman–Crippen MR) is 60.5 cm³/mol. The third kappa shape index (κ3) is 2.91. The average molecular weight is 251 g/mol. The van der Waals surface area contributed by atoms with E-state index in [-0.39, 0.29) is 17.7 Å². The lowest BCUT2D eigenvalue weighted by Crippen LogP contribution is -2.09. The molecule has 0 heterocycles.